The topological polar surface area (TPSA) is 43.8 Å². The van der Waals surface area contributed by atoms with Gasteiger partial charge in [-0.15, -0.1) is 11.3 Å². The molecule has 0 amide bonds. The molecule has 0 spiro atoms. The predicted molar refractivity (Wildman–Crippen MR) is 80.5 cm³/mol. The maximum absolute atomic E-state index is 5.86. The first kappa shape index (κ1) is 11.1. The highest BCUT2D eigenvalue weighted by Gasteiger charge is 2.29. The van der Waals surface area contributed by atoms with E-state index in [0.29, 0.717) is 6.04 Å². The van der Waals surface area contributed by atoms with Gasteiger partial charge in [0.25, 0.3) is 0 Å². The van der Waals surface area contributed by atoms with Crippen molar-refractivity contribution in [2.24, 2.45) is 0 Å². The molecule has 1 saturated carbocycles. The number of thiophene rings is 1. The molecule has 3 nitrogen and oxygen atoms in total. The number of nitrogens with zero attached hydrogens (tertiary/aromatic N) is 2. The summed E-state index contributed by atoms with van der Waals surface area (Å²) >= 11 is 1.61. The van der Waals surface area contributed by atoms with Crippen molar-refractivity contribution >= 4 is 27.4 Å². The Hall–Kier alpha value is -1.81. The van der Waals surface area contributed by atoms with Crippen LogP contribution in [0, 0.1) is 6.92 Å². The smallest absolute Gasteiger partial charge is 0.151 e. The lowest BCUT2D eigenvalue weighted by Crippen LogP contribution is -1.95. The molecule has 0 unspecified atom stereocenters. The van der Waals surface area contributed by atoms with Crippen LogP contribution < -0.4 is 5.73 Å². The van der Waals surface area contributed by atoms with Gasteiger partial charge < -0.3 is 10.3 Å². The number of hydrogen-bond donors (Lipinski definition) is 1. The van der Waals surface area contributed by atoms with Gasteiger partial charge in [-0.25, -0.2) is 4.98 Å². The quantitative estimate of drug-likeness (QED) is 0.764. The highest BCUT2D eigenvalue weighted by Crippen LogP contribution is 2.42. The fourth-order valence-corrected chi connectivity index (χ4v) is 3.32. The largest absolute Gasteiger partial charge is 0.391 e. The first-order valence-electron chi connectivity index (χ1n) is 6.56. The van der Waals surface area contributed by atoms with Crippen LogP contribution in [0.4, 0.5) is 5.00 Å². The minimum Gasteiger partial charge on any atom is -0.391 e. The summed E-state index contributed by atoms with van der Waals surface area (Å²) in [5.74, 6) is 1.07. The molecule has 96 valence electrons. The van der Waals surface area contributed by atoms with Gasteiger partial charge in [0.2, 0.25) is 0 Å². The molecule has 0 bridgehead atoms. The average Bonchev–Trinajstić information content (AvgIpc) is 3.02. The van der Waals surface area contributed by atoms with E-state index >= 15 is 0 Å². The first-order chi connectivity index (χ1) is 9.22. The Bertz CT molecular complexity index is 765. The number of aryl methyl sites for hydroxylation is 1. The van der Waals surface area contributed by atoms with E-state index in [4.69, 9.17) is 10.7 Å². The van der Waals surface area contributed by atoms with Gasteiger partial charge in [-0.05, 0) is 49.6 Å². The summed E-state index contributed by atoms with van der Waals surface area (Å²) in [6, 6.07) is 11.2. The summed E-state index contributed by atoms with van der Waals surface area (Å²) in [4.78, 5) is 6.00. The van der Waals surface area contributed by atoms with E-state index in [1.54, 1.807) is 11.3 Å². The molecule has 4 rings (SSSR count). The molecule has 1 aliphatic carbocycles. The zero-order valence-corrected chi connectivity index (χ0v) is 11.6. The number of imidazole rings is 1. The van der Waals surface area contributed by atoms with Gasteiger partial charge in [-0.2, -0.15) is 0 Å². The third-order valence-electron chi connectivity index (χ3n) is 3.60. The zero-order valence-electron chi connectivity index (χ0n) is 10.8. The predicted octanol–water partition coefficient (Wildman–Crippen LogP) is 3.99. The molecular weight excluding hydrogens is 254 g/mol. The van der Waals surface area contributed by atoms with Crippen LogP contribution in [0.3, 0.4) is 0 Å². The first-order valence-corrected chi connectivity index (χ1v) is 7.38. The van der Waals surface area contributed by atoms with Crippen LogP contribution in [0.15, 0.2) is 30.3 Å². The van der Waals surface area contributed by atoms with Crippen molar-refractivity contribution in [2.45, 2.75) is 25.8 Å². The third kappa shape index (κ3) is 1.75. The van der Waals surface area contributed by atoms with E-state index in [9.17, 15) is 0 Å². The Morgan fingerprint density at radius 3 is 2.79 bits per heavy atom. The van der Waals surface area contributed by atoms with Crippen molar-refractivity contribution in [2.75, 3.05) is 5.73 Å². The van der Waals surface area contributed by atoms with Crippen molar-refractivity contribution < 1.29 is 0 Å². The van der Waals surface area contributed by atoms with E-state index in [1.165, 1.54) is 28.8 Å². The number of aromatic nitrogens is 2. The Kier molecular flexibility index (Phi) is 2.23. The second kappa shape index (κ2) is 3.84. The van der Waals surface area contributed by atoms with Crippen LogP contribution in [0.25, 0.3) is 21.7 Å². The highest BCUT2D eigenvalue weighted by molar-refractivity contribution is 7.19. The number of rotatable bonds is 2. The summed E-state index contributed by atoms with van der Waals surface area (Å²) < 4.78 is 2.39. The van der Waals surface area contributed by atoms with Crippen molar-refractivity contribution in [3.8, 4) is 10.7 Å². The Labute approximate surface area is 115 Å². The van der Waals surface area contributed by atoms with Gasteiger partial charge in [0.1, 0.15) is 0 Å². The minimum absolute atomic E-state index is 0.617. The zero-order chi connectivity index (χ0) is 13.0. The Morgan fingerprint density at radius 1 is 1.26 bits per heavy atom. The number of nitrogens with two attached hydrogens (primary N) is 1. The molecule has 0 radical (unpaired) electrons. The minimum atomic E-state index is 0.617. The van der Waals surface area contributed by atoms with E-state index in [0.717, 1.165) is 16.3 Å². The van der Waals surface area contributed by atoms with E-state index in [-0.39, 0.29) is 0 Å². The van der Waals surface area contributed by atoms with Gasteiger partial charge in [-0.1, -0.05) is 6.07 Å². The third-order valence-corrected chi connectivity index (χ3v) is 4.51. The molecule has 1 aliphatic rings. The molecule has 19 heavy (non-hydrogen) atoms. The summed E-state index contributed by atoms with van der Waals surface area (Å²) in [7, 11) is 0. The van der Waals surface area contributed by atoms with Crippen LogP contribution in [0.2, 0.25) is 0 Å². The SMILES string of the molecule is Cc1ccc2c(c1)nc(-c1ccc(N)s1)n2C1CC1. The second-order valence-electron chi connectivity index (χ2n) is 5.23. The molecular formula is C15H15N3S. The summed E-state index contributed by atoms with van der Waals surface area (Å²) in [5.41, 5.74) is 9.45. The number of benzene rings is 1. The monoisotopic (exact) mass is 269 g/mol. The van der Waals surface area contributed by atoms with Crippen LogP contribution >= 0.6 is 11.3 Å². The summed E-state index contributed by atoms with van der Waals surface area (Å²) in [6.45, 7) is 2.11. The lowest BCUT2D eigenvalue weighted by Gasteiger charge is -2.05. The summed E-state index contributed by atoms with van der Waals surface area (Å²) in [6.07, 6.45) is 2.51. The van der Waals surface area contributed by atoms with Crippen molar-refractivity contribution in [1.82, 2.24) is 9.55 Å². The number of hydrogen-bond acceptors (Lipinski definition) is 3. The van der Waals surface area contributed by atoms with Crippen LogP contribution in [0.5, 0.6) is 0 Å². The van der Waals surface area contributed by atoms with Gasteiger partial charge in [-0.3, -0.25) is 0 Å². The van der Waals surface area contributed by atoms with Crippen LogP contribution in [0.1, 0.15) is 24.4 Å². The number of fused-ring (bicyclic) bond motifs is 1. The molecule has 0 aliphatic heterocycles. The van der Waals surface area contributed by atoms with E-state index in [2.05, 4.69) is 35.8 Å². The Balaban J connectivity index is 2.01. The van der Waals surface area contributed by atoms with Gasteiger partial charge in [0, 0.05) is 6.04 Å². The molecule has 1 aromatic carbocycles. The van der Waals surface area contributed by atoms with Gasteiger partial charge in [0.05, 0.1) is 20.9 Å². The molecule has 3 aromatic rings. The van der Waals surface area contributed by atoms with Crippen molar-refractivity contribution in [1.29, 1.82) is 0 Å². The van der Waals surface area contributed by atoms with E-state index < -0.39 is 0 Å². The number of anilines is 1. The van der Waals surface area contributed by atoms with Crippen molar-refractivity contribution in [3.05, 3.63) is 35.9 Å². The second-order valence-corrected chi connectivity index (χ2v) is 6.35. The fourth-order valence-electron chi connectivity index (χ4n) is 2.56. The van der Waals surface area contributed by atoms with Gasteiger partial charge in [0.15, 0.2) is 5.82 Å². The fraction of sp³-hybridized carbons (Fsp3) is 0.267. The standard InChI is InChI=1S/C15H15N3S/c1-9-2-5-12-11(8-9)17-15(18(12)10-3-4-10)13-6-7-14(16)19-13/h2,5-8,10H,3-4,16H2,1H3. The Morgan fingerprint density at radius 2 is 2.11 bits per heavy atom. The lowest BCUT2D eigenvalue weighted by atomic mass is 10.2. The summed E-state index contributed by atoms with van der Waals surface area (Å²) in [5, 5.41) is 0.848. The maximum Gasteiger partial charge on any atom is 0.151 e. The van der Waals surface area contributed by atoms with Gasteiger partial charge >= 0.3 is 0 Å². The number of nitrogen functional groups attached to an aromatic ring is 1. The highest BCUT2D eigenvalue weighted by atomic mass is 32.1. The van der Waals surface area contributed by atoms with E-state index in [1.807, 2.05) is 6.07 Å². The average molecular weight is 269 g/mol. The van der Waals surface area contributed by atoms with Crippen LogP contribution in [-0.4, -0.2) is 9.55 Å². The molecule has 2 heterocycles. The maximum atomic E-state index is 5.86. The molecule has 2 N–H and O–H groups in total. The normalized spacial score (nSPS) is 15.2. The molecule has 0 atom stereocenters. The van der Waals surface area contributed by atoms with Crippen LogP contribution in [-0.2, 0) is 0 Å². The lowest BCUT2D eigenvalue weighted by molar-refractivity contribution is 0.777. The van der Waals surface area contributed by atoms with Crippen molar-refractivity contribution in [3.63, 3.8) is 0 Å². The molecule has 1 fully saturated rings. The molecule has 4 heteroatoms. The molecule has 2 aromatic heterocycles. The molecule has 0 saturated heterocycles.